The first-order chi connectivity index (χ1) is 5.27. The third kappa shape index (κ3) is 1.20. The number of aliphatic imine (C=N–C) groups is 1. The Morgan fingerprint density at radius 2 is 2.36 bits per heavy atom. The lowest BCUT2D eigenvalue weighted by Crippen LogP contribution is -2.19. The summed E-state index contributed by atoms with van der Waals surface area (Å²) in [5.41, 5.74) is 0. The van der Waals surface area contributed by atoms with E-state index in [-0.39, 0.29) is 12.0 Å². The topological polar surface area (TPSA) is 58.9 Å². The number of aliphatic carboxylic acids is 1. The van der Waals surface area contributed by atoms with Gasteiger partial charge in [-0.25, -0.2) is 9.79 Å². The fourth-order valence-electron chi connectivity index (χ4n) is 1.22. The number of ether oxygens (including phenoxy) is 1. The fourth-order valence-corrected chi connectivity index (χ4v) is 1.22. The molecule has 1 unspecified atom stereocenters. The minimum absolute atomic E-state index is 0.0566. The van der Waals surface area contributed by atoms with Crippen LogP contribution < -0.4 is 0 Å². The van der Waals surface area contributed by atoms with Crippen molar-refractivity contribution in [2.75, 3.05) is 6.54 Å². The number of nitrogens with zero attached hydrogens (tertiary/aromatic N) is 1. The molecule has 1 N–H and O–H groups in total. The Kier molecular flexibility index (Phi) is 1.34. The van der Waals surface area contributed by atoms with Crippen molar-refractivity contribution in [2.24, 2.45) is 10.9 Å². The van der Waals surface area contributed by atoms with Crippen LogP contribution >= 0.6 is 0 Å². The smallest absolute Gasteiger partial charge is 0.391 e. The lowest BCUT2D eigenvalue weighted by molar-refractivity contribution is -0.131. The molecule has 0 bridgehead atoms. The van der Waals surface area contributed by atoms with Crippen LogP contribution in [0.4, 0.5) is 0 Å². The van der Waals surface area contributed by atoms with Crippen molar-refractivity contribution in [3.8, 4) is 0 Å². The predicted molar refractivity (Wildman–Crippen MR) is 37.5 cm³/mol. The van der Waals surface area contributed by atoms with E-state index in [1.165, 1.54) is 0 Å². The van der Waals surface area contributed by atoms with Crippen LogP contribution in [0.5, 0.6) is 0 Å². The molecule has 1 atom stereocenters. The molecular weight excluding hydrogens is 146 g/mol. The fraction of sp³-hybridized carbons (Fsp3) is 0.714. The van der Waals surface area contributed by atoms with E-state index in [1.807, 2.05) is 0 Å². The minimum Gasteiger partial charge on any atom is -0.474 e. The zero-order valence-electron chi connectivity index (χ0n) is 5.99. The average Bonchev–Trinajstić information content (AvgIpc) is 2.68. The summed E-state index contributed by atoms with van der Waals surface area (Å²) in [5, 5.41) is 8.48. The quantitative estimate of drug-likeness (QED) is 0.623. The van der Waals surface area contributed by atoms with E-state index >= 15 is 0 Å². The molecule has 11 heavy (non-hydrogen) atoms. The number of hydrogen-bond donors (Lipinski definition) is 1. The van der Waals surface area contributed by atoms with Crippen LogP contribution in [-0.4, -0.2) is 29.6 Å². The van der Waals surface area contributed by atoms with Crippen LogP contribution in [0.2, 0.25) is 0 Å². The van der Waals surface area contributed by atoms with E-state index < -0.39 is 5.97 Å². The van der Waals surface area contributed by atoms with Crippen LogP contribution in [0, 0.1) is 5.92 Å². The Bertz CT molecular complexity index is 220. The summed E-state index contributed by atoms with van der Waals surface area (Å²) in [6.45, 7) is 0.534. The molecule has 0 saturated heterocycles. The molecule has 60 valence electrons. The first-order valence-corrected chi connectivity index (χ1v) is 3.72. The van der Waals surface area contributed by atoms with Gasteiger partial charge in [-0.1, -0.05) is 0 Å². The van der Waals surface area contributed by atoms with Gasteiger partial charge in [0.2, 0.25) is 0 Å². The highest BCUT2D eigenvalue weighted by Gasteiger charge is 2.37. The first-order valence-electron chi connectivity index (χ1n) is 3.72. The number of hydrogen-bond acceptors (Lipinski definition) is 3. The molecule has 1 aliphatic carbocycles. The van der Waals surface area contributed by atoms with Gasteiger partial charge in [-0.15, -0.1) is 0 Å². The molecule has 0 amide bonds. The lowest BCUT2D eigenvalue weighted by Gasteiger charge is -2.06. The minimum atomic E-state index is -1.05. The van der Waals surface area contributed by atoms with Crippen LogP contribution in [0.1, 0.15) is 12.8 Å². The number of rotatable bonds is 2. The lowest BCUT2D eigenvalue weighted by atomic mass is 10.2. The van der Waals surface area contributed by atoms with E-state index in [0.29, 0.717) is 12.5 Å². The zero-order chi connectivity index (χ0) is 7.84. The predicted octanol–water partition coefficient (Wildman–Crippen LogP) is 0.278. The van der Waals surface area contributed by atoms with Gasteiger partial charge in [0.05, 0.1) is 6.54 Å². The summed E-state index contributed by atoms with van der Waals surface area (Å²) in [7, 11) is 0. The van der Waals surface area contributed by atoms with Crippen molar-refractivity contribution in [3.63, 3.8) is 0 Å². The third-order valence-electron chi connectivity index (χ3n) is 2.01. The summed E-state index contributed by atoms with van der Waals surface area (Å²) in [4.78, 5) is 14.1. The molecule has 1 fully saturated rings. The monoisotopic (exact) mass is 155 g/mol. The van der Waals surface area contributed by atoms with Gasteiger partial charge in [-0.3, -0.25) is 0 Å². The maximum Gasteiger partial charge on any atom is 0.391 e. The molecule has 1 saturated carbocycles. The summed E-state index contributed by atoms with van der Waals surface area (Å²) >= 11 is 0. The first kappa shape index (κ1) is 6.64. The maximum atomic E-state index is 10.3. The maximum absolute atomic E-state index is 10.3. The van der Waals surface area contributed by atoms with E-state index in [9.17, 15) is 4.79 Å². The molecule has 1 aliphatic heterocycles. The van der Waals surface area contributed by atoms with E-state index in [4.69, 9.17) is 9.84 Å². The van der Waals surface area contributed by atoms with Crippen LogP contribution in [0.3, 0.4) is 0 Å². The normalized spacial score (nSPS) is 29.5. The highest BCUT2D eigenvalue weighted by Crippen LogP contribution is 2.35. The van der Waals surface area contributed by atoms with Crippen LogP contribution in [-0.2, 0) is 9.53 Å². The van der Waals surface area contributed by atoms with Crippen molar-refractivity contribution in [2.45, 2.75) is 18.9 Å². The highest BCUT2D eigenvalue weighted by atomic mass is 16.5. The SMILES string of the molecule is O=C(O)C1=NCC(C2CC2)O1. The van der Waals surface area contributed by atoms with Crippen LogP contribution in [0.25, 0.3) is 0 Å². The van der Waals surface area contributed by atoms with E-state index in [2.05, 4.69) is 4.99 Å². The Morgan fingerprint density at radius 1 is 1.64 bits per heavy atom. The second kappa shape index (κ2) is 2.22. The molecule has 0 radical (unpaired) electrons. The largest absolute Gasteiger partial charge is 0.474 e. The summed E-state index contributed by atoms with van der Waals surface area (Å²) in [5.74, 6) is -0.592. The van der Waals surface area contributed by atoms with Gasteiger partial charge in [-0.2, -0.15) is 0 Å². The van der Waals surface area contributed by atoms with Crippen molar-refractivity contribution < 1.29 is 14.6 Å². The molecule has 4 heteroatoms. The molecular formula is C7H9NO3. The van der Waals surface area contributed by atoms with Gasteiger partial charge in [0.15, 0.2) is 0 Å². The molecule has 1 heterocycles. The summed E-state index contributed by atoms with van der Waals surface area (Å²) in [6, 6.07) is 0. The Balaban J connectivity index is 1.93. The molecule has 0 aromatic heterocycles. The van der Waals surface area contributed by atoms with Gasteiger partial charge in [0.1, 0.15) is 6.10 Å². The van der Waals surface area contributed by atoms with Crippen molar-refractivity contribution >= 4 is 11.9 Å². The number of carboxylic acids is 1. The second-order valence-corrected chi connectivity index (χ2v) is 2.94. The van der Waals surface area contributed by atoms with Crippen LogP contribution in [0.15, 0.2) is 4.99 Å². The third-order valence-corrected chi connectivity index (χ3v) is 2.01. The van der Waals surface area contributed by atoms with Crippen molar-refractivity contribution in [1.82, 2.24) is 0 Å². The Hall–Kier alpha value is -1.06. The molecule has 4 nitrogen and oxygen atoms in total. The summed E-state index contributed by atoms with van der Waals surface area (Å²) in [6.07, 6.45) is 2.38. The van der Waals surface area contributed by atoms with E-state index in [1.54, 1.807) is 0 Å². The molecule has 0 aromatic rings. The second-order valence-electron chi connectivity index (χ2n) is 2.94. The summed E-state index contributed by atoms with van der Waals surface area (Å²) < 4.78 is 5.10. The van der Waals surface area contributed by atoms with Crippen molar-refractivity contribution in [3.05, 3.63) is 0 Å². The molecule has 0 spiro atoms. The Labute approximate surface area is 63.9 Å². The van der Waals surface area contributed by atoms with Gasteiger partial charge in [-0.05, 0) is 18.8 Å². The van der Waals surface area contributed by atoms with E-state index in [0.717, 1.165) is 12.8 Å². The Morgan fingerprint density at radius 3 is 2.82 bits per heavy atom. The number of carbonyl (C=O) groups is 1. The standard InChI is InChI=1S/C7H9NO3/c9-7(10)6-8-3-5(11-6)4-1-2-4/h4-5H,1-3H2,(H,9,10). The average molecular weight is 155 g/mol. The van der Waals surface area contributed by atoms with Crippen molar-refractivity contribution in [1.29, 1.82) is 0 Å². The molecule has 0 aromatic carbocycles. The van der Waals surface area contributed by atoms with Gasteiger partial charge < -0.3 is 9.84 Å². The van der Waals surface area contributed by atoms with Gasteiger partial charge in [0, 0.05) is 0 Å². The number of carboxylic acid groups (broad SMARTS) is 1. The van der Waals surface area contributed by atoms with Gasteiger partial charge in [0.25, 0.3) is 5.90 Å². The molecule has 2 rings (SSSR count). The molecule has 2 aliphatic rings. The zero-order valence-corrected chi connectivity index (χ0v) is 5.99. The highest BCUT2D eigenvalue weighted by molar-refractivity contribution is 6.32. The van der Waals surface area contributed by atoms with Gasteiger partial charge >= 0.3 is 5.97 Å².